The average Bonchev–Trinajstić information content (AvgIpc) is 2.61. The molecule has 0 bridgehead atoms. The number of benzene rings is 1. The van der Waals surface area contributed by atoms with Crippen LogP contribution in [-0.4, -0.2) is 28.5 Å². The van der Waals surface area contributed by atoms with Crippen LogP contribution >= 0.6 is 0 Å². The Kier molecular flexibility index (Phi) is 5.48. The van der Waals surface area contributed by atoms with Gasteiger partial charge in [-0.1, -0.05) is 12.1 Å². The number of pyridine rings is 1. The van der Waals surface area contributed by atoms with Crippen molar-refractivity contribution in [2.24, 2.45) is 0 Å². The number of halogens is 1. The number of carbonyl (C=O) groups excluding carboxylic acids is 1. The predicted molar refractivity (Wildman–Crippen MR) is 93.0 cm³/mol. The van der Waals surface area contributed by atoms with Crippen molar-refractivity contribution in [1.29, 1.82) is 0 Å². The number of urea groups is 1. The van der Waals surface area contributed by atoms with Crippen molar-refractivity contribution in [1.82, 2.24) is 15.2 Å². The molecular weight excluding hydrogens is 321 g/mol. The van der Waals surface area contributed by atoms with E-state index >= 15 is 0 Å². The molecule has 1 aliphatic heterocycles. The van der Waals surface area contributed by atoms with Crippen molar-refractivity contribution in [2.75, 3.05) is 6.54 Å². The van der Waals surface area contributed by atoms with Crippen molar-refractivity contribution < 1.29 is 13.9 Å². The number of carbonyl (C=O) groups is 1. The van der Waals surface area contributed by atoms with E-state index in [1.54, 1.807) is 24.4 Å². The summed E-state index contributed by atoms with van der Waals surface area (Å²) in [5.74, 6) is 0.360. The van der Waals surface area contributed by atoms with Crippen LogP contribution in [0.1, 0.15) is 31.7 Å². The van der Waals surface area contributed by atoms with Crippen LogP contribution in [0.5, 0.6) is 11.6 Å². The summed E-state index contributed by atoms with van der Waals surface area (Å²) in [5.41, 5.74) is 0.741. The zero-order valence-corrected chi connectivity index (χ0v) is 14.2. The van der Waals surface area contributed by atoms with Crippen LogP contribution in [0.25, 0.3) is 0 Å². The number of hydrogen-bond donors (Lipinski definition) is 1. The van der Waals surface area contributed by atoms with Crippen LogP contribution in [0.4, 0.5) is 9.18 Å². The van der Waals surface area contributed by atoms with E-state index in [9.17, 15) is 9.18 Å². The molecule has 1 aromatic heterocycles. The van der Waals surface area contributed by atoms with Gasteiger partial charge >= 0.3 is 6.03 Å². The van der Waals surface area contributed by atoms with Gasteiger partial charge in [-0.05, 0) is 44.4 Å². The van der Waals surface area contributed by atoms with E-state index in [1.165, 1.54) is 18.6 Å². The number of rotatable bonds is 4. The van der Waals surface area contributed by atoms with Gasteiger partial charge in [-0.25, -0.2) is 14.2 Å². The quantitative estimate of drug-likeness (QED) is 0.909. The molecular formula is C19H22FN3O2. The number of ether oxygens (including phenoxy) is 1. The third kappa shape index (κ3) is 4.47. The van der Waals surface area contributed by atoms with Crippen LogP contribution < -0.4 is 10.1 Å². The molecule has 0 aliphatic carbocycles. The van der Waals surface area contributed by atoms with Gasteiger partial charge in [-0.3, -0.25) is 0 Å². The van der Waals surface area contributed by atoms with Gasteiger partial charge in [0.15, 0.2) is 0 Å². The summed E-state index contributed by atoms with van der Waals surface area (Å²) in [4.78, 5) is 18.5. The van der Waals surface area contributed by atoms with Crippen molar-refractivity contribution in [3.05, 3.63) is 54.0 Å². The highest BCUT2D eigenvalue weighted by molar-refractivity contribution is 5.74. The first-order valence-electron chi connectivity index (χ1n) is 8.55. The molecule has 1 fully saturated rings. The highest BCUT2D eigenvalue weighted by atomic mass is 19.1. The topological polar surface area (TPSA) is 54.5 Å². The first-order valence-corrected chi connectivity index (χ1v) is 8.55. The summed E-state index contributed by atoms with van der Waals surface area (Å²) in [7, 11) is 0. The van der Waals surface area contributed by atoms with Crippen molar-refractivity contribution >= 4 is 6.03 Å². The Bertz CT molecular complexity index is 738. The standard InChI is InChI=1S/C19H22FN3O2/c1-14-6-2-3-11-23(14)19(24)22-13-15-7-5-10-21-18(15)25-17-9-4-8-16(20)12-17/h4-5,7-10,12,14H,2-3,6,11,13H2,1H3,(H,22,24)/t14-/m1/s1. The van der Waals surface area contributed by atoms with Crippen LogP contribution in [0.3, 0.4) is 0 Å². The molecule has 132 valence electrons. The fraction of sp³-hybridized carbons (Fsp3) is 0.368. The molecule has 0 saturated carbocycles. The SMILES string of the molecule is C[C@@H]1CCCCN1C(=O)NCc1cccnc1Oc1cccc(F)c1. The minimum atomic E-state index is -0.373. The Morgan fingerprint density at radius 1 is 1.36 bits per heavy atom. The van der Waals surface area contributed by atoms with Gasteiger partial charge in [0, 0.05) is 37.0 Å². The second kappa shape index (κ2) is 7.96. The normalized spacial score (nSPS) is 17.2. The highest BCUT2D eigenvalue weighted by Crippen LogP contribution is 2.23. The first kappa shape index (κ1) is 17.2. The molecule has 2 amide bonds. The van der Waals surface area contributed by atoms with E-state index in [4.69, 9.17) is 4.74 Å². The molecule has 2 aromatic rings. The summed E-state index contributed by atoms with van der Waals surface area (Å²) in [5, 5.41) is 2.93. The number of piperidine rings is 1. The Balaban J connectivity index is 1.65. The third-order valence-corrected chi connectivity index (χ3v) is 4.35. The van der Waals surface area contributed by atoms with Crippen LogP contribution in [0.2, 0.25) is 0 Å². The van der Waals surface area contributed by atoms with E-state index in [1.807, 2.05) is 11.0 Å². The third-order valence-electron chi connectivity index (χ3n) is 4.35. The Morgan fingerprint density at radius 2 is 2.24 bits per heavy atom. The van der Waals surface area contributed by atoms with Gasteiger partial charge in [0.25, 0.3) is 0 Å². The smallest absolute Gasteiger partial charge is 0.317 e. The highest BCUT2D eigenvalue weighted by Gasteiger charge is 2.23. The van der Waals surface area contributed by atoms with Gasteiger partial charge in [0.1, 0.15) is 11.6 Å². The van der Waals surface area contributed by atoms with Gasteiger partial charge in [-0.15, -0.1) is 0 Å². The van der Waals surface area contributed by atoms with Crippen LogP contribution in [-0.2, 0) is 6.54 Å². The van der Waals surface area contributed by atoms with Gasteiger partial charge in [-0.2, -0.15) is 0 Å². The van der Waals surface area contributed by atoms with E-state index in [-0.39, 0.29) is 17.9 Å². The summed E-state index contributed by atoms with van der Waals surface area (Å²) >= 11 is 0. The van der Waals surface area contributed by atoms with E-state index in [0.29, 0.717) is 18.2 Å². The molecule has 1 atom stereocenters. The fourth-order valence-corrected chi connectivity index (χ4v) is 2.96. The lowest BCUT2D eigenvalue weighted by Crippen LogP contribution is -2.47. The number of hydrogen-bond acceptors (Lipinski definition) is 3. The fourth-order valence-electron chi connectivity index (χ4n) is 2.96. The lowest BCUT2D eigenvalue weighted by Gasteiger charge is -2.33. The minimum Gasteiger partial charge on any atom is -0.439 e. The van der Waals surface area contributed by atoms with Gasteiger partial charge in [0.05, 0.1) is 0 Å². The van der Waals surface area contributed by atoms with Crippen molar-refractivity contribution in [3.8, 4) is 11.6 Å². The maximum atomic E-state index is 13.3. The summed E-state index contributed by atoms with van der Waals surface area (Å²) < 4.78 is 19.0. The molecule has 1 aliphatic rings. The molecule has 6 heteroatoms. The maximum absolute atomic E-state index is 13.3. The number of amides is 2. The zero-order valence-electron chi connectivity index (χ0n) is 14.2. The Labute approximate surface area is 146 Å². The second-order valence-electron chi connectivity index (χ2n) is 6.22. The molecule has 1 N–H and O–H groups in total. The summed E-state index contributed by atoms with van der Waals surface area (Å²) in [6.07, 6.45) is 4.85. The molecule has 1 aromatic carbocycles. The molecule has 25 heavy (non-hydrogen) atoms. The van der Waals surface area contributed by atoms with Crippen LogP contribution in [0.15, 0.2) is 42.6 Å². The van der Waals surface area contributed by atoms with E-state index < -0.39 is 0 Å². The van der Waals surface area contributed by atoms with Crippen molar-refractivity contribution in [2.45, 2.75) is 38.8 Å². The number of aromatic nitrogens is 1. The van der Waals surface area contributed by atoms with Crippen molar-refractivity contribution in [3.63, 3.8) is 0 Å². The van der Waals surface area contributed by atoms with Crippen LogP contribution in [0, 0.1) is 5.82 Å². The minimum absolute atomic E-state index is 0.0761. The molecule has 5 nitrogen and oxygen atoms in total. The number of nitrogens with zero attached hydrogens (tertiary/aromatic N) is 2. The lowest BCUT2D eigenvalue weighted by atomic mass is 10.0. The zero-order chi connectivity index (χ0) is 17.6. The molecule has 3 rings (SSSR count). The first-order chi connectivity index (χ1) is 12.1. The van der Waals surface area contributed by atoms with Gasteiger partial charge in [0.2, 0.25) is 5.88 Å². The van der Waals surface area contributed by atoms with E-state index in [0.717, 1.165) is 24.9 Å². The lowest BCUT2D eigenvalue weighted by molar-refractivity contribution is 0.157. The Morgan fingerprint density at radius 3 is 3.04 bits per heavy atom. The predicted octanol–water partition coefficient (Wildman–Crippen LogP) is 4.10. The molecule has 0 radical (unpaired) electrons. The average molecular weight is 343 g/mol. The number of likely N-dealkylation sites (tertiary alicyclic amines) is 1. The van der Waals surface area contributed by atoms with E-state index in [2.05, 4.69) is 17.2 Å². The summed E-state index contributed by atoms with van der Waals surface area (Å²) in [6.45, 7) is 3.16. The summed E-state index contributed by atoms with van der Waals surface area (Å²) in [6, 6.07) is 9.69. The molecule has 1 saturated heterocycles. The monoisotopic (exact) mass is 343 g/mol. The molecule has 2 heterocycles. The van der Waals surface area contributed by atoms with Gasteiger partial charge < -0.3 is 15.0 Å². The molecule has 0 spiro atoms. The maximum Gasteiger partial charge on any atom is 0.317 e. The largest absolute Gasteiger partial charge is 0.439 e. The second-order valence-corrected chi connectivity index (χ2v) is 6.22. The molecule has 0 unspecified atom stereocenters. The number of nitrogens with one attached hydrogen (secondary N) is 1. The Hall–Kier alpha value is -2.63.